The molecule has 0 rings (SSSR count). The SMILES string of the molecule is N#CC(C(N)=O)C([S-])[S-].O.O.O.[Na+].[Na+]. The topological polar surface area (TPSA) is 161 Å². The Morgan fingerprint density at radius 2 is 1.50 bits per heavy atom. The van der Waals surface area contributed by atoms with Gasteiger partial charge in [-0.1, -0.05) is 0 Å². The van der Waals surface area contributed by atoms with Crippen LogP contribution in [0.15, 0.2) is 0 Å². The average molecular weight is 260 g/mol. The van der Waals surface area contributed by atoms with Gasteiger partial charge in [0.2, 0.25) is 5.91 Å². The molecule has 14 heavy (non-hydrogen) atoms. The van der Waals surface area contributed by atoms with Crippen molar-refractivity contribution in [1.82, 2.24) is 0 Å². The number of primary amides is 1. The number of carbonyl (C=O) groups is 1. The minimum absolute atomic E-state index is 0. The van der Waals surface area contributed by atoms with Crippen molar-refractivity contribution in [1.29, 1.82) is 5.26 Å². The molecule has 0 bridgehead atoms. The molecule has 0 aromatic carbocycles. The van der Waals surface area contributed by atoms with E-state index < -0.39 is 16.4 Å². The van der Waals surface area contributed by atoms with Crippen LogP contribution in [0.1, 0.15) is 0 Å². The molecule has 1 unspecified atom stereocenters. The molecule has 6 nitrogen and oxygen atoms in total. The number of hydrogen-bond acceptors (Lipinski definition) is 4. The smallest absolute Gasteiger partial charge is 0.813 e. The summed E-state index contributed by atoms with van der Waals surface area (Å²) in [5, 5.41) is 8.18. The van der Waals surface area contributed by atoms with Crippen LogP contribution in [0.4, 0.5) is 0 Å². The van der Waals surface area contributed by atoms with E-state index in [2.05, 4.69) is 25.3 Å². The molecule has 0 saturated carbocycles. The average Bonchev–Trinajstić information content (AvgIpc) is 1.64. The third kappa shape index (κ3) is 16.0. The number of carbonyl (C=O) groups excluding carboxylic acids is 1. The Hall–Kier alpha value is 1.54. The molecule has 0 heterocycles. The third-order valence-electron chi connectivity index (χ3n) is 0.718. The summed E-state index contributed by atoms with van der Waals surface area (Å²) in [4.78, 5) is 10.2. The Balaban J connectivity index is -0.0000000320. The van der Waals surface area contributed by atoms with Gasteiger partial charge in [0.05, 0.1) is 12.0 Å². The van der Waals surface area contributed by atoms with E-state index in [9.17, 15) is 4.79 Å². The largest absolute Gasteiger partial charge is 1.00 e. The van der Waals surface area contributed by atoms with Gasteiger partial charge in [-0.05, 0) is 0 Å². The Kier molecular flexibility index (Phi) is 51.6. The fourth-order valence-corrected chi connectivity index (χ4v) is 0.649. The molecule has 1 atom stereocenters. The van der Waals surface area contributed by atoms with E-state index in [1.54, 1.807) is 6.07 Å². The van der Waals surface area contributed by atoms with Crippen LogP contribution in [-0.4, -0.2) is 26.9 Å². The second-order valence-electron chi connectivity index (χ2n) is 1.38. The number of amides is 1. The molecule has 0 radical (unpaired) electrons. The minimum atomic E-state index is -1.00. The molecule has 0 saturated heterocycles. The predicted molar refractivity (Wildman–Crippen MR) is 47.7 cm³/mol. The van der Waals surface area contributed by atoms with Gasteiger partial charge in [0.25, 0.3) is 0 Å². The van der Waals surface area contributed by atoms with Gasteiger partial charge in [-0.2, -0.15) is 5.26 Å². The summed E-state index contributed by atoms with van der Waals surface area (Å²) in [5.41, 5.74) is 4.75. The van der Waals surface area contributed by atoms with Gasteiger partial charge in [0, 0.05) is 0 Å². The fourth-order valence-electron chi connectivity index (χ4n) is 0.259. The standard InChI is InChI=1S/C4H6N2OS2.2Na.3H2O/c5-1-2(3(6)7)4(8)9;;;;;/h2,4,8-9H,(H2,6,7);;;3*1H2/q;2*+1;;;/p-2. The second-order valence-corrected chi connectivity index (χ2v) is 2.69. The molecule has 1 amide bonds. The van der Waals surface area contributed by atoms with Crippen molar-refractivity contribution in [2.45, 2.75) is 4.58 Å². The van der Waals surface area contributed by atoms with Crippen LogP contribution in [0.25, 0.3) is 0 Å². The predicted octanol–water partition coefficient (Wildman–Crippen LogP) is -9.43. The molecule has 8 N–H and O–H groups in total. The van der Waals surface area contributed by atoms with Crippen molar-refractivity contribution in [3.8, 4) is 6.07 Å². The number of rotatable bonds is 2. The van der Waals surface area contributed by atoms with Crippen molar-refractivity contribution < 1.29 is 80.3 Å². The van der Waals surface area contributed by atoms with E-state index in [0.717, 1.165) is 0 Å². The first-order valence-corrected chi connectivity index (χ1v) is 3.04. The molecule has 0 aliphatic carbocycles. The normalized spacial score (nSPS) is 8.14. The maximum Gasteiger partial charge on any atom is 1.00 e. The summed E-state index contributed by atoms with van der Waals surface area (Å²) in [7, 11) is 0. The summed E-state index contributed by atoms with van der Waals surface area (Å²) in [5.74, 6) is -1.75. The first kappa shape index (κ1) is 36.1. The molecule has 0 aromatic heterocycles. The first-order valence-electron chi connectivity index (χ1n) is 2.10. The maximum absolute atomic E-state index is 10.2. The van der Waals surface area contributed by atoms with E-state index in [0.29, 0.717) is 0 Å². The molecular weight excluding hydrogens is 250 g/mol. The Morgan fingerprint density at radius 3 is 1.50 bits per heavy atom. The van der Waals surface area contributed by atoms with Crippen molar-refractivity contribution in [3.63, 3.8) is 0 Å². The summed E-state index contributed by atoms with van der Waals surface area (Å²) in [6.45, 7) is 0. The van der Waals surface area contributed by atoms with Crippen LogP contribution < -0.4 is 64.8 Å². The minimum Gasteiger partial charge on any atom is -0.813 e. The number of nitrogens with two attached hydrogens (primary N) is 1. The number of nitriles is 1. The Bertz CT molecular complexity index is 166. The molecule has 0 aromatic rings. The van der Waals surface area contributed by atoms with Gasteiger partial charge in [0.1, 0.15) is 0 Å². The molecule has 0 spiro atoms. The summed E-state index contributed by atoms with van der Waals surface area (Å²) in [6, 6.07) is 1.62. The van der Waals surface area contributed by atoms with Gasteiger partial charge >= 0.3 is 59.1 Å². The van der Waals surface area contributed by atoms with Crippen LogP contribution in [0, 0.1) is 17.2 Å². The van der Waals surface area contributed by atoms with Crippen LogP contribution >= 0.6 is 0 Å². The van der Waals surface area contributed by atoms with Gasteiger partial charge in [-0.25, -0.2) is 0 Å². The Labute approximate surface area is 137 Å². The first-order chi connectivity index (χ1) is 4.09. The van der Waals surface area contributed by atoms with E-state index in [-0.39, 0.29) is 75.5 Å². The molecule has 0 aliphatic rings. The van der Waals surface area contributed by atoms with E-state index in [1.165, 1.54) is 0 Å². The zero-order valence-electron chi connectivity index (χ0n) is 7.90. The van der Waals surface area contributed by atoms with Crippen molar-refractivity contribution in [2.75, 3.05) is 0 Å². The number of hydrogen-bond donors (Lipinski definition) is 1. The van der Waals surface area contributed by atoms with E-state index in [4.69, 9.17) is 11.0 Å². The molecule has 0 aliphatic heterocycles. The van der Waals surface area contributed by atoms with Crippen LogP contribution in [0.2, 0.25) is 0 Å². The van der Waals surface area contributed by atoms with Gasteiger partial charge in [-0.15, -0.1) is 0 Å². The summed E-state index contributed by atoms with van der Waals surface area (Å²) in [6.07, 6.45) is 0. The zero-order valence-corrected chi connectivity index (χ0v) is 13.5. The number of nitrogens with zero attached hydrogens (tertiary/aromatic N) is 1. The quantitative estimate of drug-likeness (QED) is 0.385. The molecular formula is C4H10N2Na2O4S2. The van der Waals surface area contributed by atoms with Gasteiger partial charge in [-0.3, -0.25) is 9.38 Å². The summed E-state index contributed by atoms with van der Waals surface area (Å²) >= 11 is 8.93. The third-order valence-corrected chi connectivity index (χ3v) is 1.26. The van der Waals surface area contributed by atoms with Gasteiger partial charge in [0.15, 0.2) is 0 Å². The molecule has 10 heteroatoms. The molecule has 74 valence electrons. The van der Waals surface area contributed by atoms with Crippen molar-refractivity contribution in [3.05, 3.63) is 0 Å². The molecule has 0 fully saturated rings. The van der Waals surface area contributed by atoms with Crippen LogP contribution in [0.3, 0.4) is 0 Å². The van der Waals surface area contributed by atoms with Gasteiger partial charge < -0.3 is 47.4 Å². The second kappa shape index (κ2) is 20.0. The van der Waals surface area contributed by atoms with Crippen molar-refractivity contribution >= 4 is 31.2 Å². The van der Waals surface area contributed by atoms with Crippen molar-refractivity contribution in [2.24, 2.45) is 11.7 Å². The Morgan fingerprint density at radius 1 is 1.21 bits per heavy atom. The fraction of sp³-hybridized carbons (Fsp3) is 0.500. The van der Waals surface area contributed by atoms with Crippen LogP contribution in [0.5, 0.6) is 0 Å². The maximum atomic E-state index is 10.2. The van der Waals surface area contributed by atoms with Crippen LogP contribution in [-0.2, 0) is 30.1 Å². The zero-order chi connectivity index (χ0) is 7.44. The van der Waals surface area contributed by atoms with E-state index >= 15 is 0 Å². The monoisotopic (exact) mass is 260 g/mol. The van der Waals surface area contributed by atoms with E-state index in [1.807, 2.05) is 0 Å². The summed E-state index contributed by atoms with van der Waals surface area (Å²) < 4.78 is -0.812.